The van der Waals surface area contributed by atoms with Crippen molar-refractivity contribution >= 4 is 15.9 Å². The van der Waals surface area contributed by atoms with Crippen LogP contribution in [-0.2, 0) is 16.6 Å². The largest absolute Gasteiger partial charge is 0.338 e. The molecule has 1 fully saturated rings. The second-order valence-corrected chi connectivity index (χ2v) is 7.81. The average Bonchev–Trinajstić information content (AvgIpc) is 3.16. The van der Waals surface area contributed by atoms with Crippen LogP contribution in [0.4, 0.5) is 0 Å². The van der Waals surface area contributed by atoms with Gasteiger partial charge in [0.15, 0.2) is 0 Å². The van der Waals surface area contributed by atoms with E-state index in [1.54, 1.807) is 22.0 Å². The first kappa shape index (κ1) is 16.7. The van der Waals surface area contributed by atoms with Crippen molar-refractivity contribution in [1.82, 2.24) is 14.7 Å². The van der Waals surface area contributed by atoms with Gasteiger partial charge in [-0.1, -0.05) is 30.3 Å². The number of carbonyl (C=O) groups excluding carboxylic acids is 1. The Morgan fingerprint density at radius 3 is 2.75 bits per heavy atom. The van der Waals surface area contributed by atoms with E-state index in [0.717, 1.165) is 5.56 Å². The molecule has 3 rings (SSSR count). The first-order valence-corrected chi connectivity index (χ1v) is 9.48. The van der Waals surface area contributed by atoms with Crippen LogP contribution in [-0.4, -0.2) is 47.8 Å². The Bertz CT molecular complexity index is 817. The second kappa shape index (κ2) is 6.74. The van der Waals surface area contributed by atoms with Gasteiger partial charge in [0, 0.05) is 19.3 Å². The molecule has 1 atom stereocenters. The maximum atomic E-state index is 12.5. The Labute approximate surface area is 141 Å². The van der Waals surface area contributed by atoms with Gasteiger partial charge >= 0.3 is 0 Å². The zero-order valence-electron chi connectivity index (χ0n) is 13.2. The smallest absolute Gasteiger partial charge is 0.257 e. The molecule has 128 valence electrons. The fourth-order valence-electron chi connectivity index (χ4n) is 3.00. The third-order valence-electron chi connectivity index (χ3n) is 4.11. The van der Waals surface area contributed by atoms with Crippen LogP contribution in [0.3, 0.4) is 0 Å². The topological polar surface area (TPSA) is 98.3 Å². The Morgan fingerprint density at radius 1 is 1.29 bits per heavy atom. The summed E-state index contributed by atoms with van der Waals surface area (Å²) in [5, 5.41) is 9.32. The fraction of sp³-hybridized carbons (Fsp3) is 0.375. The summed E-state index contributed by atoms with van der Waals surface area (Å²) in [5.41, 5.74) is 1.62. The van der Waals surface area contributed by atoms with Crippen molar-refractivity contribution in [2.24, 2.45) is 11.1 Å². The van der Waals surface area contributed by atoms with E-state index in [2.05, 4.69) is 5.10 Å². The highest BCUT2D eigenvalue weighted by Gasteiger charge is 2.29. The van der Waals surface area contributed by atoms with Crippen molar-refractivity contribution in [1.29, 1.82) is 0 Å². The molecule has 2 N–H and O–H groups in total. The van der Waals surface area contributed by atoms with Gasteiger partial charge in [0.1, 0.15) is 0 Å². The fourth-order valence-corrected chi connectivity index (χ4v) is 3.92. The van der Waals surface area contributed by atoms with Crippen LogP contribution in [0.25, 0.3) is 0 Å². The number of nitrogens with zero attached hydrogens (tertiary/aromatic N) is 3. The first-order chi connectivity index (χ1) is 11.4. The highest BCUT2D eigenvalue weighted by atomic mass is 32.2. The van der Waals surface area contributed by atoms with Gasteiger partial charge in [-0.05, 0) is 17.9 Å². The predicted octanol–water partition coefficient (Wildman–Crippen LogP) is 0.682. The third kappa shape index (κ3) is 4.21. The van der Waals surface area contributed by atoms with Crippen LogP contribution in [0.1, 0.15) is 22.3 Å². The molecule has 1 aliphatic rings. The van der Waals surface area contributed by atoms with Gasteiger partial charge in [0.25, 0.3) is 5.91 Å². The molecule has 1 aromatic carbocycles. The van der Waals surface area contributed by atoms with Crippen molar-refractivity contribution in [3.63, 3.8) is 0 Å². The minimum Gasteiger partial charge on any atom is -0.338 e. The van der Waals surface area contributed by atoms with Gasteiger partial charge in [-0.25, -0.2) is 13.6 Å². The van der Waals surface area contributed by atoms with Crippen molar-refractivity contribution in [3.8, 4) is 0 Å². The molecule has 0 aliphatic carbocycles. The lowest BCUT2D eigenvalue weighted by molar-refractivity contribution is 0.0788. The number of primary sulfonamides is 1. The van der Waals surface area contributed by atoms with Crippen LogP contribution < -0.4 is 5.14 Å². The first-order valence-electron chi connectivity index (χ1n) is 7.77. The van der Waals surface area contributed by atoms with Crippen molar-refractivity contribution in [3.05, 3.63) is 53.9 Å². The zero-order valence-corrected chi connectivity index (χ0v) is 14.0. The summed E-state index contributed by atoms with van der Waals surface area (Å²) in [4.78, 5) is 14.2. The number of rotatable bonds is 5. The Kier molecular flexibility index (Phi) is 4.68. The number of hydrogen-bond donors (Lipinski definition) is 1. The van der Waals surface area contributed by atoms with Crippen molar-refractivity contribution in [2.45, 2.75) is 13.0 Å². The molecule has 24 heavy (non-hydrogen) atoms. The quantitative estimate of drug-likeness (QED) is 0.859. The minimum atomic E-state index is -3.51. The van der Waals surface area contributed by atoms with Gasteiger partial charge in [0.05, 0.1) is 24.1 Å². The van der Waals surface area contributed by atoms with Crippen LogP contribution in [0.15, 0.2) is 42.7 Å². The molecule has 8 heteroatoms. The van der Waals surface area contributed by atoms with E-state index in [1.807, 2.05) is 30.3 Å². The summed E-state index contributed by atoms with van der Waals surface area (Å²) < 4.78 is 24.1. The van der Waals surface area contributed by atoms with E-state index < -0.39 is 10.0 Å². The van der Waals surface area contributed by atoms with E-state index >= 15 is 0 Å². The predicted molar refractivity (Wildman–Crippen MR) is 89.8 cm³/mol. The normalized spacial score (nSPS) is 18.0. The minimum absolute atomic E-state index is 0.0793. The summed E-state index contributed by atoms with van der Waals surface area (Å²) in [6.07, 6.45) is 3.93. The van der Waals surface area contributed by atoms with E-state index in [4.69, 9.17) is 5.14 Å². The maximum absolute atomic E-state index is 12.5. The molecule has 1 saturated heterocycles. The average molecular weight is 348 g/mol. The van der Waals surface area contributed by atoms with Crippen LogP contribution >= 0.6 is 0 Å². The van der Waals surface area contributed by atoms with Gasteiger partial charge in [-0.3, -0.25) is 9.48 Å². The Morgan fingerprint density at radius 2 is 2.04 bits per heavy atom. The molecular formula is C16H20N4O3S. The monoisotopic (exact) mass is 348 g/mol. The van der Waals surface area contributed by atoms with Gasteiger partial charge < -0.3 is 4.90 Å². The third-order valence-corrected chi connectivity index (χ3v) is 5.04. The Hall–Kier alpha value is -2.19. The molecule has 1 unspecified atom stereocenters. The molecule has 7 nitrogen and oxygen atoms in total. The molecule has 0 spiro atoms. The second-order valence-electron chi connectivity index (χ2n) is 6.15. The number of hydrogen-bond acceptors (Lipinski definition) is 4. The van der Waals surface area contributed by atoms with E-state index in [-0.39, 0.29) is 17.6 Å². The Balaban J connectivity index is 1.62. The van der Waals surface area contributed by atoms with Crippen molar-refractivity contribution < 1.29 is 13.2 Å². The number of carbonyl (C=O) groups is 1. The lowest BCUT2D eigenvalue weighted by Gasteiger charge is -2.15. The summed E-state index contributed by atoms with van der Waals surface area (Å²) in [6, 6.07) is 9.87. The molecule has 2 aromatic rings. The molecule has 1 amide bonds. The molecule has 1 aliphatic heterocycles. The van der Waals surface area contributed by atoms with E-state index in [0.29, 0.717) is 31.6 Å². The lowest BCUT2D eigenvalue weighted by Crippen LogP contribution is -2.30. The number of likely N-dealkylation sites (tertiary alicyclic amines) is 1. The van der Waals surface area contributed by atoms with Gasteiger partial charge in [-0.15, -0.1) is 0 Å². The number of sulfonamides is 1. The van der Waals surface area contributed by atoms with Crippen molar-refractivity contribution in [2.75, 3.05) is 18.8 Å². The standard InChI is InChI=1S/C16H20N4O3S/c17-24(22,23)12-14-6-7-19(9-14)16(21)15-8-18-20(11-15)10-13-4-2-1-3-5-13/h1-5,8,11,14H,6-7,9-10,12H2,(H2,17,22,23). The number of nitrogens with two attached hydrogens (primary N) is 1. The van der Waals surface area contributed by atoms with Crippen LogP contribution in [0, 0.1) is 5.92 Å². The summed E-state index contributed by atoms with van der Waals surface area (Å²) in [6.45, 7) is 1.56. The number of amides is 1. The summed E-state index contributed by atoms with van der Waals surface area (Å²) in [5.74, 6) is -0.293. The molecule has 0 radical (unpaired) electrons. The lowest BCUT2D eigenvalue weighted by atomic mass is 10.2. The SMILES string of the molecule is NS(=O)(=O)CC1CCN(C(=O)c2cnn(Cc3ccccc3)c2)C1. The van der Waals surface area contributed by atoms with E-state index in [1.165, 1.54) is 0 Å². The van der Waals surface area contributed by atoms with E-state index in [9.17, 15) is 13.2 Å². The number of aromatic nitrogens is 2. The van der Waals surface area contributed by atoms with Gasteiger partial charge in [-0.2, -0.15) is 5.10 Å². The molecule has 1 aromatic heterocycles. The summed E-state index contributed by atoms with van der Waals surface area (Å²) in [7, 11) is -3.51. The number of benzene rings is 1. The summed E-state index contributed by atoms with van der Waals surface area (Å²) >= 11 is 0. The maximum Gasteiger partial charge on any atom is 0.257 e. The molecule has 0 saturated carbocycles. The van der Waals surface area contributed by atoms with Gasteiger partial charge in [0.2, 0.25) is 10.0 Å². The zero-order chi connectivity index (χ0) is 17.2. The molecule has 2 heterocycles. The van der Waals surface area contributed by atoms with Crippen LogP contribution in [0.5, 0.6) is 0 Å². The van der Waals surface area contributed by atoms with Crippen LogP contribution in [0.2, 0.25) is 0 Å². The molecular weight excluding hydrogens is 328 g/mol. The highest BCUT2D eigenvalue weighted by Crippen LogP contribution is 2.19. The highest BCUT2D eigenvalue weighted by molar-refractivity contribution is 7.89. The molecule has 0 bridgehead atoms.